The number of rotatable bonds is 6. The van der Waals surface area contributed by atoms with Crippen molar-refractivity contribution < 1.29 is 13.5 Å². The smallest absolute Gasteiger partial charge is 0.250 e. The third-order valence-corrected chi connectivity index (χ3v) is 1.88. The summed E-state index contributed by atoms with van der Waals surface area (Å²) in [5, 5.41) is 11.0. The van der Waals surface area contributed by atoms with E-state index in [2.05, 4.69) is 5.32 Å². The molecule has 1 aromatic carbocycles. The second-order valence-electron chi connectivity index (χ2n) is 3.08. The summed E-state index contributed by atoms with van der Waals surface area (Å²) in [6.07, 6.45) is -2.37. The van der Waals surface area contributed by atoms with Crippen molar-refractivity contribution in [2.24, 2.45) is 0 Å². The number of hydrogen-bond acceptors (Lipinski definition) is 3. The predicted molar refractivity (Wildman–Crippen MR) is 55.3 cm³/mol. The molecule has 0 bridgehead atoms. The first-order valence-corrected chi connectivity index (χ1v) is 4.80. The molecule has 16 heavy (non-hydrogen) atoms. The molecule has 0 atom stereocenters. The maximum Gasteiger partial charge on any atom is 0.250 e. The van der Waals surface area contributed by atoms with Crippen LogP contribution in [0.2, 0.25) is 0 Å². The van der Waals surface area contributed by atoms with Crippen LogP contribution in [-0.4, -0.2) is 19.6 Å². The Labute approximate surface area is 92.6 Å². The van der Waals surface area contributed by atoms with Gasteiger partial charge in [0.15, 0.2) is 6.61 Å². The van der Waals surface area contributed by atoms with E-state index in [1.165, 1.54) is 0 Å². The molecule has 5 heteroatoms. The summed E-state index contributed by atoms with van der Waals surface area (Å²) in [6, 6.07) is 8.89. The minimum atomic E-state index is -2.37. The SMILES string of the molecule is N#CCOc1ccccc1CNCC(F)F. The first-order chi connectivity index (χ1) is 7.74. The number of ether oxygens (including phenoxy) is 1. The van der Waals surface area contributed by atoms with E-state index in [0.717, 1.165) is 5.56 Å². The summed E-state index contributed by atoms with van der Waals surface area (Å²) in [7, 11) is 0. The van der Waals surface area contributed by atoms with Crippen molar-refractivity contribution in [2.75, 3.05) is 13.2 Å². The Bertz CT molecular complexity index is 363. The van der Waals surface area contributed by atoms with Gasteiger partial charge in [0.2, 0.25) is 0 Å². The van der Waals surface area contributed by atoms with Gasteiger partial charge in [-0.3, -0.25) is 0 Å². The van der Waals surface area contributed by atoms with Crippen molar-refractivity contribution in [3.05, 3.63) is 29.8 Å². The maximum atomic E-state index is 11.9. The Morgan fingerprint density at radius 1 is 1.38 bits per heavy atom. The molecule has 3 nitrogen and oxygen atoms in total. The van der Waals surface area contributed by atoms with Crippen LogP contribution in [0.1, 0.15) is 5.56 Å². The highest BCUT2D eigenvalue weighted by Gasteiger charge is 2.04. The summed E-state index contributed by atoms with van der Waals surface area (Å²) in [4.78, 5) is 0. The summed E-state index contributed by atoms with van der Waals surface area (Å²) < 4.78 is 29.0. The number of nitrogens with one attached hydrogen (secondary N) is 1. The molecule has 0 saturated carbocycles. The number of alkyl halides is 2. The van der Waals surface area contributed by atoms with E-state index in [1.54, 1.807) is 24.3 Å². The minimum absolute atomic E-state index is 0.0497. The number of nitriles is 1. The Balaban J connectivity index is 2.53. The first-order valence-electron chi connectivity index (χ1n) is 4.80. The normalized spacial score (nSPS) is 10.1. The molecule has 0 radical (unpaired) electrons. The van der Waals surface area contributed by atoms with Crippen LogP contribution >= 0.6 is 0 Å². The Morgan fingerprint density at radius 2 is 2.12 bits per heavy atom. The average Bonchev–Trinajstić information content (AvgIpc) is 2.27. The molecule has 0 fully saturated rings. The molecule has 0 aliphatic heterocycles. The molecule has 0 saturated heterocycles. The zero-order chi connectivity index (χ0) is 11.8. The van der Waals surface area contributed by atoms with Gasteiger partial charge in [-0.15, -0.1) is 0 Å². The van der Waals surface area contributed by atoms with Crippen molar-refractivity contribution in [3.8, 4) is 11.8 Å². The van der Waals surface area contributed by atoms with E-state index in [4.69, 9.17) is 10.00 Å². The van der Waals surface area contributed by atoms with Crippen LogP contribution in [0.3, 0.4) is 0 Å². The standard InChI is InChI=1S/C11H12F2N2O/c12-11(13)8-15-7-9-3-1-2-4-10(9)16-6-5-14/h1-4,11,15H,6-8H2. The van der Waals surface area contributed by atoms with Gasteiger partial charge in [-0.05, 0) is 6.07 Å². The van der Waals surface area contributed by atoms with Gasteiger partial charge in [-0.2, -0.15) is 5.26 Å². The van der Waals surface area contributed by atoms with Gasteiger partial charge in [0, 0.05) is 12.1 Å². The molecule has 0 heterocycles. The fraction of sp³-hybridized carbons (Fsp3) is 0.364. The second-order valence-corrected chi connectivity index (χ2v) is 3.08. The molecule has 1 aromatic rings. The van der Waals surface area contributed by atoms with Gasteiger partial charge < -0.3 is 10.1 Å². The van der Waals surface area contributed by atoms with Crippen molar-refractivity contribution in [1.82, 2.24) is 5.32 Å². The van der Waals surface area contributed by atoms with Crippen LogP contribution in [0.25, 0.3) is 0 Å². The Kier molecular flexibility index (Phi) is 5.23. The van der Waals surface area contributed by atoms with Crippen LogP contribution in [0.4, 0.5) is 8.78 Å². The maximum absolute atomic E-state index is 11.9. The van der Waals surface area contributed by atoms with Gasteiger partial charge in [-0.25, -0.2) is 8.78 Å². The number of hydrogen-bond donors (Lipinski definition) is 1. The van der Waals surface area contributed by atoms with Gasteiger partial charge in [0.25, 0.3) is 6.43 Å². The van der Waals surface area contributed by atoms with E-state index in [0.29, 0.717) is 12.3 Å². The molecule has 0 spiro atoms. The quantitative estimate of drug-likeness (QED) is 0.806. The van der Waals surface area contributed by atoms with Gasteiger partial charge in [-0.1, -0.05) is 18.2 Å². The van der Waals surface area contributed by atoms with E-state index < -0.39 is 6.43 Å². The van der Waals surface area contributed by atoms with Crippen LogP contribution in [0, 0.1) is 11.3 Å². The van der Waals surface area contributed by atoms with Gasteiger partial charge >= 0.3 is 0 Å². The summed E-state index contributed by atoms with van der Waals surface area (Å²) >= 11 is 0. The summed E-state index contributed by atoms with van der Waals surface area (Å²) in [5.41, 5.74) is 0.762. The molecule has 1 rings (SSSR count). The molecular weight excluding hydrogens is 214 g/mol. The summed E-state index contributed by atoms with van der Waals surface area (Å²) in [5.74, 6) is 0.547. The number of para-hydroxylation sites is 1. The van der Waals surface area contributed by atoms with Crippen molar-refractivity contribution in [1.29, 1.82) is 5.26 Å². The van der Waals surface area contributed by atoms with Crippen LogP contribution in [0.15, 0.2) is 24.3 Å². The summed E-state index contributed by atoms with van der Waals surface area (Å²) in [6.45, 7) is -0.107. The molecule has 0 aromatic heterocycles. The minimum Gasteiger partial charge on any atom is -0.478 e. The van der Waals surface area contributed by atoms with E-state index in [-0.39, 0.29) is 13.2 Å². The van der Waals surface area contributed by atoms with E-state index >= 15 is 0 Å². The lowest BCUT2D eigenvalue weighted by Gasteiger charge is -2.09. The molecule has 0 amide bonds. The number of nitrogens with zero attached hydrogens (tertiary/aromatic N) is 1. The average molecular weight is 226 g/mol. The van der Waals surface area contributed by atoms with Crippen molar-refractivity contribution in [2.45, 2.75) is 13.0 Å². The molecule has 0 aliphatic rings. The lowest BCUT2D eigenvalue weighted by atomic mass is 10.2. The Hall–Kier alpha value is -1.67. The first kappa shape index (κ1) is 12.4. The van der Waals surface area contributed by atoms with Gasteiger partial charge in [0.1, 0.15) is 11.8 Å². The van der Waals surface area contributed by atoms with E-state index in [9.17, 15) is 8.78 Å². The lowest BCUT2D eigenvalue weighted by molar-refractivity contribution is 0.145. The largest absolute Gasteiger partial charge is 0.478 e. The Morgan fingerprint density at radius 3 is 2.81 bits per heavy atom. The predicted octanol–water partition coefficient (Wildman–Crippen LogP) is 1.94. The molecule has 0 aliphatic carbocycles. The lowest BCUT2D eigenvalue weighted by Crippen LogP contribution is -2.21. The highest BCUT2D eigenvalue weighted by Crippen LogP contribution is 2.17. The van der Waals surface area contributed by atoms with Crippen molar-refractivity contribution >= 4 is 0 Å². The van der Waals surface area contributed by atoms with Crippen LogP contribution in [-0.2, 0) is 6.54 Å². The highest BCUT2D eigenvalue weighted by atomic mass is 19.3. The second kappa shape index (κ2) is 6.75. The monoisotopic (exact) mass is 226 g/mol. The topological polar surface area (TPSA) is 45.0 Å². The third kappa shape index (κ3) is 4.24. The molecule has 0 unspecified atom stereocenters. The van der Waals surface area contributed by atoms with Crippen molar-refractivity contribution in [3.63, 3.8) is 0 Å². The zero-order valence-electron chi connectivity index (χ0n) is 8.62. The van der Waals surface area contributed by atoms with E-state index in [1.807, 2.05) is 6.07 Å². The van der Waals surface area contributed by atoms with Crippen LogP contribution < -0.4 is 10.1 Å². The number of halogens is 2. The zero-order valence-corrected chi connectivity index (χ0v) is 8.62. The molecule has 1 N–H and O–H groups in total. The van der Waals surface area contributed by atoms with Crippen LogP contribution in [0.5, 0.6) is 5.75 Å². The third-order valence-electron chi connectivity index (χ3n) is 1.88. The molecule has 86 valence electrons. The highest BCUT2D eigenvalue weighted by molar-refractivity contribution is 5.33. The van der Waals surface area contributed by atoms with Gasteiger partial charge in [0.05, 0.1) is 6.54 Å². The fourth-order valence-electron chi connectivity index (χ4n) is 1.22. The molecular formula is C11H12F2N2O. The number of benzene rings is 1. The fourth-order valence-corrected chi connectivity index (χ4v) is 1.22.